The largest absolute Gasteiger partial charge is 0.466 e. The van der Waals surface area contributed by atoms with Crippen molar-refractivity contribution in [1.29, 1.82) is 0 Å². The molecule has 0 aromatic carbocycles. The smallest absolute Gasteiger partial charge is 0.302 e. The zero-order valence-corrected chi connectivity index (χ0v) is 7.08. The molecule has 0 saturated carbocycles. The molecular weight excluding hydrogens is 156 g/mol. The molecule has 1 atom stereocenters. The standard InChI is InChI=1S/C9H12O3/c1-7(10)12-6-8-3-2-4-9(11)5-8/h2,4,8H,3,5-6H2,1H3/t8-/m0/s1. The van der Waals surface area contributed by atoms with Gasteiger partial charge < -0.3 is 4.74 Å². The summed E-state index contributed by atoms with van der Waals surface area (Å²) in [4.78, 5) is 21.3. The van der Waals surface area contributed by atoms with E-state index in [0.717, 1.165) is 6.42 Å². The van der Waals surface area contributed by atoms with Crippen molar-refractivity contribution in [3.05, 3.63) is 12.2 Å². The van der Waals surface area contributed by atoms with E-state index in [1.165, 1.54) is 6.92 Å². The predicted molar refractivity (Wildman–Crippen MR) is 43.5 cm³/mol. The molecule has 3 heteroatoms. The zero-order valence-electron chi connectivity index (χ0n) is 7.08. The highest BCUT2D eigenvalue weighted by molar-refractivity contribution is 5.90. The number of esters is 1. The van der Waals surface area contributed by atoms with Gasteiger partial charge in [-0.2, -0.15) is 0 Å². The molecule has 0 aromatic heterocycles. The van der Waals surface area contributed by atoms with E-state index in [1.54, 1.807) is 6.08 Å². The number of ether oxygens (including phenoxy) is 1. The highest BCUT2D eigenvalue weighted by Crippen LogP contribution is 2.15. The van der Waals surface area contributed by atoms with Crippen molar-refractivity contribution in [1.82, 2.24) is 0 Å². The van der Waals surface area contributed by atoms with Crippen LogP contribution in [0.5, 0.6) is 0 Å². The Hall–Kier alpha value is -1.12. The molecule has 0 amide bonds. The first-order chi connectivity index (χ1) is 5.68. The van der Waals surface area contributed by atoms with E-state index in [1.807, 2.05) is 6.08 Å². The molecule has 0 aromatic rings. The molecule has 12 heavy (non-hydrogen) atoms. The van der Waals surface area contributed by atoms with Crippen LogP contribution in [0.15, 0.2) is 12.2 Å². The van der Waals surface area contributed by atoms with Crippen LogP contribution in [0.3, 0.4) is 0 Å². The topological polar surface area (TPSA) is 43.4 Å². The van der Waals surface area contributed by atoms with Crippen LogP contribution in [0.4, 0.5) is 0 Å². The van der Waals surface area contributed by atoms with E-state index in [2.05, 4.69) is 0 Å². The summed E-state index contributed by atoms with van der Waals surface area (Å²) in [7, 11) is 0. The molecule has 66 valence electrons. The van der Waals surface area contributed by atoms with Crippen LogP contribution in [0, 0.1) is 5.92 Å². The normalized spacial score (nSPS) is 22.4. The van der Waals surface area contributed by atoms with Gasteiger partial charge in [-0.05, 0) is 12.5 Å². The number of hydrogen-bond donors (Lipinski definition) is 0. The summed E-state index contributed by atoms with van der Waals surface area (Å²) in [5.74, 6) is 0.0294. The third-order valence-electron chi connectivity index (χ3n) is 1.79. The third kappa shape index (κ3) is 2.86. The van der Waals surface area contributed by atoms with Crippen LogP contribution in [-0.2, 0) is 14.3 Å². The molecule has 0 fully saturated rings. The van der Waals surface area contributed by atoms with Gasteiger partial charge in [-0.3, -0.25) is 9.59 Å². The first-order valence-corrected chi connectivity index (χ1v) is 4.01. The Labute approximate surface area is 71.4 Å². The van der Waals surface area contributed by atoms with Crippen molar-refractivity contribution >= 4 is 11.8 Å². The van der Waals surface area contributed by atoms with E-state index >= 15 is 0 Å². The number of ketones is 1. The third-order valence-corrected chi connectivity index (χ3v) is 1.79. The van der Waals surface area contributed by atoms with Gasteiger partial charge in [0.05, 0.1) is 6.61 Å². The lowest BCUT2D eigenvalue weighted by Crippen LogP contribution is -2.17. The van der Waals surface area contributed by atoms with Gasteiger partial charge in [-0.15, -0.1) is 0 Å². The van der Waals surface area contributed by atoms with Crippen LogP contribution in [0.1, 0.15) is 19.8 Å². The number of carbonyl (C=O) groups is 2. The van der Waals surface area contributed by atoms with Crippen molar-refractivity contribution < 1.29 is 14.3 Å². The van der Waals surface area contributed by atoms with Crippen LogP contribution in [0.25, 0.3) is 0 Å². The van der Waals surface area contributed by atoms with Crippen LogP contribution in [0.2, 0.25) is 0 Å². The maximum Gasteiger partial charge on any atom is 0.302 e. The highest BCUT2D eigenvalue weighted by atomic mass is 16.5. The van der Waals surface area contributed by atoms with Gasteiger partial charge >= 0.3 is 5.97 Å². The summed E-state index contributed by atoms with van der Waals surface area (Å²) in [5.41, 5.74) is 0. The maximum absolute atomic E-state index is 10.9. The van der Waals surface area contributed by atoms with Crippen LogP contribution >= 0.6 is 0 Å². The first kappa shape index (κ1) is 8.97. The van der Waals surface area contributed by atoms with Gasteiger partial charge in [0.15, 0.2) is 5.78 Å². The summed E-state index contributed by atoms with van der Waals surface area (Å²) in [5, 5.41) is 0. The van der Waals surface area contributed by atoms with E-state index in [-0.39, 0.29) is 17.7 Å². The number of carbonyl (C=O) groups excluding carboxylic acids is 2. The molecule has 0 heterocycles. The number of hydrogen-bond acceptors (Lipinski definition) is 3. The van der Waals surface area contributed by atoms with E-state index < -0.39 is 0 Å². The molecule has 0 saturated heterocycles. The fourth-order valence-corrected chi connectivity index (χ4v) is 1.19. The molecule has 0 bridgehead atoms. The average Bonchev–Trinajstić information content (AvgIpc) is 2.01. The predicted octanol–water partition coefficient (Wildman–Crippen LogP) is 1.08. The fourth-order valence-electron chi connectivity index (χ4n) is 1.19. The van der Waals surface area contributed by atoms with Crippen molar-refractivity contribution in [2.45, 2.75) is 19.8 Å². The number of rotatable bonds is 2. The molecule has 0 unspecified atom stereocenters. The van der Waals surface area contributed by atoms with Crippen molar-refractivity contribution in [3.8, 4) is 0 Å². The second-order valence-corrected chi connectivity index (χ2v) is 2.98. The van der Waals surface area contributed by atoms with E-state index in [9.17, 15) is 9.59 Å². The Morgan fingerprint density at radius 2 is 2.50 bits per heavy atom. The molecule has 1 aliphatic carbocycles. The first-order valence-electron chi connectivity index (χ1n) is 4.01. The van der Waals surface area contributed by atoms with Gasteiger partial charge in [-0.1, -0.05) is 6.08 Å². The van der Waals surface area contributed by atoms with E-state index in [4.69, 9.17) is 4.74 Å². The van der Waals surface area contributed by atoms with Crippen LogP contribution in [-0.4, -0.2) is 18.4 Å². The molecule has 0 N–H and O–H groups in total. The minimum atomic E-state index is -0.281. The van der Waals surface area contributed by atoms with E-state index in [0.29, 0.717) is 13.0 Å². The van der Waals surface area contributed by atoms with Gasteiger partial charge in [-0.25, -0.2) is 0 Å². The summed E-state index contributed by atoms with van der Waals surface area (Å²) in [6.07, 6.45) is 4.76. The van der Waals surface area contributed by atoms with Crippen molar-refractivity contribution in [2.24, 2.45) is 5.92 Å². The minimum Gasteiger partial charge on any atom is -0.466 e. The molecule has 0 spiro atoms. The molecule has 1 rings (SSSR count). The quantitative estimate of drug-likeness (QED) is 0.579. The van der Waals surface area contributed by atoms with Crippen molar-refractivity contribution in [3.63, 3.8) is 0 Å². The molecule has 0 aliphatic heterocycles. The SMILES string of the molecule is CC(=O)OC[C@H]1CC=CC(=O)C1. The van der Waals surface area contributed by atoms with Crippen LogP contribution < -0.4 is 0 Å². The van der Waals surface area contributed by atoms with Gasteiger partial charge in [0.1, 0.15) is 0 Å². The second kappa shape index (κ2) is 4.04. The summed E-state index contributed by atoms with van der Waals surface area (Å²) in [6.45, 7) is 1.74. The lowest BCUT2D eigenvalue weighted by molar-refractivity contribution is -0.143. The summed E-state index contributed by atoms with van der Waals surface area (Å²) >= 11 is 0. The molecular formula is C9H12O3. The average molecular weight is 168 g/mol. The Bertz CT molecular complexity index is 218. The Balaban J connectivity index is 2.30. The monoisotopic (exact) mass is 168 g/mol. The van der Waals surface area contributed by atoms with Crippen molar-refractivity contribution in [2.75, 3.05) is 6.61 Å². The summed E-state index contributed by atoms with van der Waals surface area (Å²) in [6, 6.07) is 0. The Morgan fingerprint density at radius 1 is 1.75 bits per heavy atom. The lowest BCUT2D eigenvalue weighted by Gasteiger charge is -2.15. The molecule has 0 radical (unpaired) electrons. The van der Waals surface area contributed by atoms with Gasteiger partial charge in [0.2, 0.25) is 0 Å². The zero-order chi connectivity index (χ0) is 8.97. The lowest BCUT2D eigenvalue weighted by atomic mass is 9.94. The van der Waals surface area contributed by atoms with Gasteiger partial charge in [0, 0.05) is 19.3 Å². The second-order valence-electron chi connectivity index (χ2n) is 2.98. The van der Waals surface area contributed by atoms with Gasteiger partial charge in [0.25, 0.3) is 0 Å². The Kier molecular flexibility index (Phi) is 3.02. The maximum atomic E-state index is 10.9. The fraction of sp³-hybridized carbons (Fsp3) is 0.556. The molecule has 1 aliphatic rings. The summed E-state index contributed by atoms with van der Waals surface area (Å²) < 4.78 is 4.80. The molecule has 3 nitrogen and oxygen atoms in total. The minimum absolute atomic E-state index is 0.124. The number of allylic oxidation sites excluding steroid dienone is 2. The Morgan fingerprint density at radius 3 is 3.08 bits per heavy atom. The highest BCUT2D eigenvalue weighted by Gasteiger charge is 2.15.